The lowest BCUT2D eigenvalue weighted by Gasteiger charge is -2.30. The summed E-state index contributed by atoms with van der Waals surface area (Å²) in [7, 11) is 0. The van der Waals surface area contributed by atoms with Gasteiger partial charge in [0.1, 0.15) is 6.10 Å². The second-order valence-electron chi connectivity index (χ2n) is 5.71. The minimum absolute atomic E-state index is 0.00841. The van der Waals surface area contributed by atoms with Crippen molar-refractivity contribution in [1.29, 1.82) is 5.26 Å². The van der Waals surface area contributed by atoms with Crippen molar-refractivity contribution < 1.29 is 9.47 Å². The van der Waals surface area contributed by atoms with E-state index in [1.165, 1.54) is 32.1 Å². The van der Waals surface area contributed by atoms with E-state index in [0.717, 1.165) is 12.0 Å². The zero-order valence-corrected chi connectivity index (χ0v) is 12.9. The maximum Gasteiger partial charge on any atom is 0.106 e. The topological polar surface area (TPSA) is 42.2 Å². The number of nitrogens with zero attached hydrogens (tertiary/aromatic N) is 1. The maximum atomic E-state index is 8.80. The molecule has 1 aromatic carbocycles. The molecule has 0 radical (unpaired) electrons. The molecule has 0 amide bonds. The molecule has 0 saturated carbocycles. The quantitative estimate of drug-likeness (QED) is 0.699. The SMILES string of the molecule is CCCCCCC[C@@H]1CO[C@@H](c2ccc(C#N)cc2)CO1. The Bertz CT molecular complexity index is 441. The van der Waals surface area contributed by atoms with Crippen LogP contribution in [0.1, 0.15) is 62.7 Å². The molecule has 3 nitrogen and oxygen atoms in total. The van der Waals surface area contributed by atoms with Crippen LogP contribution in [0.2, 0.25) is 0 Å². The first kappa shape index (κ1) is 16.0. The van der Waals surface area contributed by atoms with E-state index in [9.17, 15) is 0 Å². The molecule has 1 saturated heterocycles. The predicted octanol–water partition coefficient (Wildman–Crippen LogP) is 4.38. The summed E-state index contributed by atoms with van der Waals surface area (Å²) in [6.07, 6.45) is 7.85. The summed E-state index contributed by atoms with van der Waals surface area (Å²) in [5.41, 5.74) is 1.77. The highest BCUT2D eigenvalue weighted by Gasteiger charge is 2.23. The van der Waals surface area contributed by atoms with Gasteiger partial charge in [-0.05, 0) is 24.1 Å². The molecular formula is C18H25NO2. The van der Waals surface area contributed by atoms with E-state index in [-0.39, 0.29) is 12.2 Å². The molecule has 1 aromatic rings. The van der Waals surface area contributed by atoms with Gasteiger partial charge in [-0.1, -0.05) is 51.2 Å². The first-order chi connectivity index (χ1) is 10.3. The second-order valence-corrected chi connectivity index (χ2v) is 5.71. The second kappa shape index (κ2) is 8.81. The van der Waals surface area contributed by atoms with Crippen molar-refractivity contribution in [2.24, 2.45) is 0 Å². The highest BCUT2D eigenvalue weighted by molar-refractivity contribution is 5.32. The van der Waals surface area contributed by atoms with Crippen LogP contribution in [-0.4, -0.2) is 19.3 Å². The lowest BCUT2D eigenvalue weighted by atomic mass is 10.1. The van der Waals surface area contributed by atoms with Gasteiger partial charge in [-0.3, -0.25) is 0 Å². The van der Waals surface area contributed by atoms with E-state index in [4.69, 9.17) is 14.7 Å². The fourth-order valence-electron chi connectivity index (χ4n) is 2.65. The van der Waals surface area contributed by atoms with E-state index in [0.29, 0.717) is 18.8 Å². The lowest BCUT2D eigenvalue weighted by Crippen LogP contribution is -2.31. The summed E-state index contributed by atoms with van der Waals surface area (Å²) in [4.78, 5) is 0. The number of hydrogen-bond donors (Lipinski definition) is 0. The Balaban J connectivity index is 1.69. The van der Waals surface area contributed by atoms with Gasteiger partial charge in [-0.25, -0.2) is 0 Å². The molecule has 21 heavy (non-hydrogen) atoms. The minimum atomic E-state index is 0.00841. The van der Waals surface area contributed by atoms with Crippen molar-refractivity contribution in [3.63, 3.8) is 0 Å². The number of ether oxygens (including phenoxy) is 2. The lowest BCUT2D eigenvalue weighted by molar-refractivity contribution is -0.137. The molecule has 0 spiro atoms. The zero-order valence-electron chi connectivity index (χ0n) is 12.9. The van der Waals surface area contributed by atoms with Crippen molar-refractivity contribution in [2.75, 3.05) is 13.2 Å². The van der Waals surface area contributed by atoms with Crippen LogP contribution in [0.4, 0.5) is 0 Å². The Hall–Kier alpha value is -1.37. The molecule has 0 aliphatic carbocycles. The first-order valence-electron chi connectivity index (χ1n) is 8.06. The van der Waals surface area contributed by atoms with Gasteiger partial charge in [0.2, 0.25) is 0 Å². The molecule has 2 atom stereocenters. The number of benzene rings is 1. The van der Waals surface area contributed by atoms with Crippen LogP contribution in [-0.2, 0) is 9.47 Å². The molecule has 3 heteroatoms. The van der Waals surface area contributed by atoms with Gasteiger partial charge < -0.3 is 9.47 Å². The Morgan fingerprint density at radius 1 is 1.05 bits per heavy atom. The normalized spacial score (nSPS) is 21.9. The van der Waals surface area contributed by atoms with Crippen LogP contribution in [0.25, 0.3) is 0 Å². The van der Waals surface area contributed by atoms with Crippen LogP contribution in [0, 0.1) is 11.3 Å². The fraction of sp³-hybridized carbons (Fsp3) is 0.611. The third-order valence-electron chi connectivity index (χ3n) is 4.01. The summed E-state index contributed by atoms with van der Waals surface area (Å²) < 4.78 is 11.8. The van der Waals surface area contributed by atoms with Gasteiger partial charge in [0.25, 0.3) is 0 Å². The average Bonchev–Trinajstić information content (AvgIpc) is 2.55. The standard InChI is InChI=1S/C18H25NO2/c1-2-3-4-5-6-7-17-13-21-18(14-20-17)16-10-8-15(12-19)9-11-16/h8-11,17-18H,2-7,13-14H2,1H3/t17-,18-/m1/s1. The van der Waals surface area contributed by atoms with Crippen molar-refractivity contribution in [3.05, 3.63) is 35.4 Å². The molecule has 0 N–H and O–H groups in total. The smallest absolute Gasteiger partial charge is 0.106 e. The first-order valence-corrected chi connectivity index (χ1v) is 8.06. The van der Waals surface area contributed by atoms with Crippen molar-refractivity contribution in [1.82, 2.24) is 0 Å². The Morgan fingerprint density at radius 2 is 1.81 bits per heavy atom. The largest absolute Gasteiger partial charge is 0.373 e. The number of rotatable bonds is 7. The number of unbranched alkanes of at least 4 members (excludes halogenated alkanes) is 4. The monoisotopic (exact) mass is 287 g/mol. The van der Waals surface area contributed by atoms with Crippen molar-refractivity contribution >= 4 is 0 Å². The van der Waals surface area contributed by atoms with Gasteiger partial charge in [0.15, 0.2) is 0 Å². The third kappa shape index (κ3) is 5.15. The van der Waals surface area contributed by atoms with E-state index < -0.39 is 0 Å². The molecule has 0 unspecified atom stereocenters. The molecule has 114 valence electrons. The molecule has 1 aliphatic rings. The predicted molar refractivity (Wildman–Crippen MR) is 83.0 cm³/mol. The molecule has 2 rings (SSSR count). The summed E-state index contributed by atoms with van der Waals surface area (Å²) in [5, 5.41) is 8.80. The average molecular weight is 287 g/mol. The van der Waals surface area contributed by atoms with Crippen LogP contribution < -0.4 is 0 Å². The van der Waals surface area contributed by atoms with Crippen LogP contribution in [0.3, 0.4) is 0 Å². The highest BCUT2D eigenvalue weighted by atomic mass is 16.6. The third-order valence-corrected chi connectivity index (χ3v) is 4.01. The Kier molecular flexibility index (Phi) is 6.72. The van der Waals surface area contributed by atoms with E-state index >= 15 is 0 Å². The highest BCUT2D eigenvalue weighted by Crippen LogP contribution is 2.25. The molecule has 0 aromatic heterocycles. The molecule has 1 fully saturated rings. The number of nitriles is 1. The molecule has 0 bridgehead atoms. The molecule has 1 aliphatic heterocycles. The maximum absolute atomic E-state index is 8.80. The summed E-state index contributed by atoms with van der Waals surface area (Å²) >= 11 is 0. The van der Waals surface area contributed by atoms with E-state index in [1.54, 1.807) is 0 Å². The number of hydrogen-bond acceptors (Lipinski definition) is 3. The van der Waals surface area contributed by atoms with Crippen LogP contribution >= 0.6 is 0 Å². The molecular weight excluding hydrogens is 262 g/mol. The van der Waals surface area contributed by atoms with E-state index in [2.05, 4.69) is 13.0 Å². The van der Waals surface area contributed by atoms with Crippen LogP contribution in [0.5, 0.6) is 0 Å². The fourth-order valence-corrected chi connectivity index (χ4v) is 2.65. The van der Waals surface area contributed by atoms with Crippen molar-refractivity contribution in [2.45, 2.75) is 57.7 Å². The van der Waals surface area contributed by atoms with E-state index in [1.807, 2.05) is 24.3 Å². The van der Waals surface area contributed by atoms with Gasteiger partial charge >= 0.3 is 0 Å². The summed E-state index contributed by atoms with van der Waals surface area (Å²) in [6.45, 7) is 3.53. The van der Waals surface area contributed by atoms with Gasteiger partial charge in [-0.15, -0.1) is 0 Å². The summed E-state index contributed by atoms with van der Waals surface area (Å²) in [5.74, 6) is 0. The minimum Gasteiger partial charge on any atom is -0.373 e. The summed E-state index contributed by atoms with van der Waals surface area (Å²) in [6, 6.07) is 9.71. The van der Waals surface area contributed by atoms with Gasteiger partial charge in [-0.2, -0.15) is 5.26 Å². The van der Waals surface area contributed by atoms with Gasteiger partial charge in [0, 0.05) is 0 Å². The Labute approximate surface area is 127 Å². The van der Waals surface area contributed by atoms with Gasteiger partial charge in [0.05, 0.1) is 31.0 Å². The Morgan fingerprint density at radius 3 is 2.43 bits per heavy atom. The van der Waals surface area contributed by atoms with Crippen LogP contribution in [0.15, 0.2) is 24.3 Å². The van der Waals surface area contributed by atoms with Crippen molar-refractivity contribution in [3.8, 4) is 6.07 Å². The molecule has 1 heterocycles. The zero-order chi connectivity index (χ0) is 14.9.